The zero-order chi connectivity index (χ0) is 16.8. The van der Waals surface area contributed by atoms with Crippen molar-refractivity contribution in [2.45, 2.75) is 77.9 Å². The van der Waals surface area contributed by atoms with Gasteiger partial charge in [0, 0.05) is 31.5 Å². The molecule has 0 radical (unpaired) electrons. The zero-order valence-electron chi connectivity index (χ0n) is 15.0. The summed E-state index contributed by atoms with van der Waals surface area (Å²) in [5, 5.41) is 3.55. The molecule has 0 bridgehead atoms. The van der Waals surface area contributed by atoms with Crippen molar-refractivity contribution < 1.29 is 9.59 Å². The first kappa shape index (κ1) is 18.2. The molecule has 5 nitrogen and oxygen atoms in total. The second-order valence-electron chi connectivity index (χ2n) is 7.18. The van der Waals surface area contributed by atoms with Crippen LogP contribution in [0.15, 0.2) is 0 Å². The number of nitrogens with one attached hydrogen (secondary N) is 1. The number of nitrogens with zero attached hydrogens (tertiary/aromatic N) is 2. The zero-order valence-corrected chi connectivity index (χ0v) is 15.0. The fourth-order valence-electron chi connectivity index (χ4n) is 3.85. The molecule has 2 rings (SSSR count). The van der Waals surface area contributed by atoms with Crippen LogP contribution in [0.3, 0.4) is 0 Å². The molecule has 0 aliphatic carbocycles. The van der Waals surface area contributed by atoms with Crippen LogP contribution in [0.5, 0.6) is 0 Å². The molecule has 2 heterocycles. The molecule has 132 valence electrons. The molecule has 0 aromatic heterocycles. The lowest BCUT2D eigenvalue weighted by molar-refractivity contribution is -0.136. The quantitative estimate of drug-likeness (QED) is 0.732. The molecule has 0 aromatic carbocycles. The monoisotopic (exact) mass is 323 g/mol. The van der Waals surface area contributed by atoms with Crippen molar-refractivity contribution in [2.75, 3.05) is 19.6 Å². The fourth-order valence-corrected chi connectivity index (χ4v) is 3.85. The van der Waals surface area contributed by atoms with Crippen LogP contribution in [0.4, 0.5) is 0 Å². The van der Waals surface area contributed by atoms with E-state index < -0.39 is 0 Å². The Balaban J connectivity index is 1.70. The van der Waals surface area contributed by atoms with Crippen molar-refractivity contribution in [1.29, 1.82) is 0 Å². The Labute approximate surface area is 140 Å². The maximum atomic E-state index is 12.2. The Morgan fingerprint density at radius 1 is 1.13 bits per heavy atom. The summed E-state index contributed by atoms with van der Waals surface area (Å²) in [6.45, 7) is 8.63. The number of hydrogen-bond donors (Lipinski definition) is 1. The summed E-state index contributed by atoms with van der Waals surface area (Å²) in [7, 11) is 0. The predicted molar refractivity (Wildman–Crippen MR) is 91.8 cm³/mol. The van der Waals surface area contributed by atoms with E-state index in [1.807, 2.05) is 25.7 Å². The lowest BCUT2D eigenvalue weighted by Crippen LogP contribution is -2.46. The van der Waals surface area contributed by atoms with Gasteiger partial charge in [0.15, 0.2) is 0 Å². The van der Waals surface area contributed by atoms with Gasteiger partial charge in [-0.05, 0) is 45.1 Å². The van der Waals surface area contributed by atoms with Gasteiger partial charge in [-0.2, -0.15) is 0 Å². The summed E-state index contributed by atoms with van der Waals surface area (Å²) in [5.41, 5.74) is 0. The summed E-state index contributed by atoms with van der Waals surface area (Å²) >= 11 is 0. The first-order chi connectivity index (χ1) is 11.0. The lowest BCUT2D eigenvalue weighted by Gasteiger charge is -2.28. The molecule has 0 spiro atoms. The molecule has 0 saturated carbocycles. The van der Waals surface area contributed by atoms with Crippen molar-refractivity contribution >= 4 is 11.8 Å². The third kappa shape index (κ3) is 4.69. The van der Waals surface area contributed by atoms with E-state index in [0.29, 0.717) is 18.4 Å². The molecule has 2 unspecified atom stereocenters. The van der Waals surface area contributed by atoms with Crippen molar-refractivity contribution in [1.82, 2.24) is 15.1 Å². The summed E-state index contributed by atoms with van der Waals surface area (Å²) < 4.78 is 0. The van der Waals surface area contributed by atoms with Crippen LogP contribution in [0, 0.1) is 5.92 Å². The Morgan fingerprint density at radius 2 is 1.83 bits per heavy atom. The van der Waals surface area contributed by atoms with E-state index in [9.17, 15) is 9.59 Å². The Kier molecular flexibility index (Phi) is 6.88. The number of rotatable bonds is 7. The Morgan fingerprint density at radius 3 is 2.52 bits per heavy atom. The Bertz CT molecular complexity index is 411. The summed E-state index contributed by atoms with van der Waals surface area (Å²) in [4.78, 5) is 28.2. The van der Waals surface area contributed by atoms with Gasteiger partial charge in [0.05, 0.1) is 6.17 Å². The van der Waals surface area contributed by atoms with Crippen molar-refractivity contribution in [2.24, 2.45) is 5.92 Å². The molecular weight excluding hydrogens is 290 g/mol. The van der Waals surface area contributed by atoms with Gasteiger partial charge in [0.2, 0.25) is 11.8 Å². The lowest BCUT2D eigenvalue weighted by atomic mass is 10.1. The summed E-state index contributed by atoms with van der Waals surface area (Å²) in [5.74, 6) is 0.630. The molecule has 2 atom stereocenters. The minimum absolute atomic E-state index is 0.0736. The number of amides is 2. The van der Waals surface area contributed by atoms with Gasteiger partial charge < -0.3 is 9.80 Å². The van der Waals surface area contributed by atoms with Crippen molar-refractivity contribution in [3.05, 3.63) is 0 Å². The molecule has 2 saturated heterocycles. The number of hydrogen-bond acceptors (Lipinski definition) is 3. The third-order valence-electron chi connectivity index (χ3n) is 5.12. The van der Waals surface area contributed by atoms with E-state index in [1.54, 1.807) is 0 Å². The maximum Gasteiger partial charge on any atom is 0.226 e. The topological polar surface area (TPSA) is 52.7 Å². The van der Waals surface area contributed by atoms with Gasteiger partial charge in [-0.1, -0.05) is 20.8 Å². The average Bonchev–Trinajstić information content (AvgIpc) is 3.18. The number of carbonyl (C=O) groups excluding carboxylic acids is 2. The highest BCUT2D eigenvalue weighted by Gasteiger charge is 2.30. The molecule has 23 heavy (non-hydrogen) atoms. The molecule has 5 heteroatoms. The summed E-state index contributed by atoms with van der Waals surface area (Å²) in [6, 6.07) is 0.432. The van der Waals surface area contributed by atoms with E-state index >= 15 is 0 Å². The van der Waals surface area contributed by atoms with E-state index in [0.717, 1.165) is 58.2 Å². The van der Waals surface area contributed by atoms with Crippen molar-refractivity contribution in [3.63, 3.8) is 0 Å². The van der Waals surface area contributed by atoms with Gasteiger partial charge >= 0.3 is 0 Å². The smallest absolute Gasteiger partial charge is 0.226 e. The molecule has 2 aliphatic rings. The maximum absolute atomic E-state index is 12.2. The molecule has 2 fully saturated rings. The summed E-state index contributed by atoms with van der Waals surface area (Å²) in [6.07, 6.45) is 7.41. The first-order valence-corrected chi connectivity index (χ1v) is 9.38. The van der Waals surface area contributed by atoms with Crippen LogP contribution < -0.4 is 5.32 Å². The highest BCUT2D eigenvalue weighted by Crippen LogP contribution is 2.22. The van der Waals surface area contributed by atoms with Crippen molar-refractivity contribution in [3.8, 4) is 0 Å². The third-order valence-corrected chi connectivity index (χ3v) is 5.12. The normalized spacial score (nSPS) is 24.7. The first-order valence-electron chi connectivity index (χ1n) is 9.38. The Hall–Kier alpha value is -1.10. The fraction of sp³-hybridized carbons (Fsp3) is 0.889. The van der Waals surface area contributed by atoms with E-state index in [-0.39, 0.29) is 18.0 Å². The standard InChI is InChI=1S/C18H33N3O2/c1-4-17(22)20-12-6-9-15(20)8-5-11-19-16-10-7-13-21(16)18(23)14(2)3/h14-16,19H,4-13H2,1-3H3. The van der Waals surface area contributed by atoms with Crippen LogP contribution in [-0.4, -0.2) is 53.5 Å². The van der Waals surface area contributed by atoms with Gasteiger partial charge in [0.1, 0.15) is 0 Å². The van der Waals surface area contributed by atoms with Gasteiger partial charge in [-0.25, -0.2) is 0 Å². The van der Waals surface area contributed by atoms with E-state index in [4.69, 9.17) is 0 Å². The predicted octanol–water partition coefficient (Wildman–Crippen LogP) is 2.36. The largest absolute Gasteiger partial charge is 0.340 e. The van der Waals surface area contributed by atoms with Crippen LogP contribution in [0.25, 0.3) is 0 Å². The average molecular weight is 323 g/mol. The minimum atomic E-state index is 0.0736. The van der Waals surface area contributed by atoms with Crippen LogP contribution in [-0.2, 0) is 9.59 Å². The second kappa shape index (κ2) is 8.67. The number of carbonyl (C=O) groups is 2. The molecule has 2 amide bonds. The van der Waals surface area contributed by atoms with Gasteiger partial charge in [-0.3, -0.25) is 14.9 Å². The number of likely N-dealkylation sites (tertiary alicyclic amines) is 2. The van der Waals surface area contributed by atoms with Gasteiger partial charge in [-0.15, -0.1) is 0 Å². The SMILES string of the molecule is CCC(=O)N1CCCC1CCCNC1CCCN1C(=O)C(C)C. The van der Waals surface area contributed by atoms with E-state index in [2.05, 4.69) is 10.2 Å². The molecular formula is C18H33N3O2. The van der Waals surface area contributed by atoms with Crippen LogP contribution in [0.1, 0.15) is 65.7 Å². The highest BCUT2D eigenvalue weighted by atomic mass is 16.2. The van der Waals surface area contributed by atoms with Crippen LogP contribution in [0.2, 0.25) is 0 Å². The van der Waals surface area contributed by atoms with Gasteiger partial charge in [0.25, 0.3) is 0 Å². The highest BCUT2D eigenvalue weighted by molar-refractivity contribution is 5.78. The molecule has 2 aliphatic heterocycles. The molecule has 0 aromatic rings. The second-order valence-corrected chi connectivity index (χ2v) is 7.18. The minimum Gasteiger partial charge on any atom is -0.340 e. The van der Waals surface area contributed by atoms with Crippen LogP contribution >= 0.6 is 0 Å². The molecule has 1 N–H and O–H groups in total. The van der Waals surface area contributed by atoms with E-state index in [1.165, 1.54) is 0 Å².